The van der Waals surface area contributed by atoms with E-state index in [4.69, 9.17) is 19.4 Å². The van der Waals surface area contributed by atoms with Gasteiger partial charge in [0.15, 0.2) is 17.5 Å². The molecule has 6 nitrogen and oxygen atoms in total. The van der Waals surface area contributed by atoms with Crippen LogP contribution in [0.1, 0.15) is 0 Å². The summed E-state index contributed by atoms with van der Waals surface area (Å²) >= 11 is 1.79. The van der Waals surface area contributed by atoms with Crippen LogP contribution in [-0.2, 0) is 0 Å². The number of benzene rings is 10. The van der Waals surface area contributed by atoms with Gasteiger partial charge in [-0.2, -0.15) is 0 Å². The Labute approximate surface area is 392 Å². The highest BCUT2D eigenvalue weighted by Crippen LogP contribution is 2.43. The highest BCUT2D eigenvalue weighted by atomic mass is 32.1. The van der Waals surface area contributed by atoms with Gasteiger partial charge in [-0.3, -0.25) is 0 Å². The zero-order valence-electron chi connectivity index (χ0n) is 36.3. The van der Waals surface area contributed by atoms with Crippen molar-refractivity contribution in [3.8, 4) is 45.5 Å². The topological polar surface area (TPSA) is 61.7 Å². The van der Waals surface area contributed by atoms with Crippen molar-refractivity contribution in [3.63, 3.8) is 0 Å². The molecule has 0 unspecified atom stereocenters. The second kappa shape index (κ2) is 14.3. The number of nitrogens with zero attached hydrogens (tertiary/aromatic N) is 5. The van der Waals surface area contributed by atoms with Gasteiger partial charge in [0.25, 0.3) is 0 Å². The fourth-order valence-electron chi connectivity index (χ4n) is 10.6. The van der Waals surface area contributed by atoms with Crippen LogP contribution in [0.15, 0.2) is 217 Å². The van der Waals surface area contributed by atoms with Crippen molar-refractivity contribution in [2.24, 2.45) is 0 Å². The SMILES string of the molecule is c1ccc(-n2c3ccccc3c3cc(-c4nc(-c5ccc6c(c5)sc5ccccc56)nc(-c5cc6c(cc5-n5c7ccccc7c7cc8ccccc8cc75)oc5ccccc56)n4)ccc32)cc1. The Kier molecular flexibility index (Phi) is 7.85. The first kappa shape index (κ1) is 37.3. The van der Waals surface area contributed by atoms with Crippen LogP contribution < -0.4 is 0 Å². The summed E-state index contributed by atoms with van der Waals surface area (Å²) in [7, 11) is 0. The predicted molar refractivity (Wildman–Crippen MR) is 282 cm³/mol. The number of hydrogen-bond donors (Lipinski definition) is 0. The minimum atomic E-state index is 0.571. The molecule has 0 N–H and O–H groups in total. The standard InChI is InChI=1S/C61H35N5OS/c1-2-16-40(17-3-1)65-50-22-10-6-18-41(50)46-31-38(27-29-52(46)65)59-62-60(39-26-28-45-44-21-9-13-25-57(44)68-58(45)33-39)64-61(63-59)49-34-48-43-20-8-12-24-55(43)67-56(48)35-54(49)66-51-23-11-7-19-42(51)47-30-36-14-4-5-15-37(36)32-53(47)66/h1-35H. The third-order valence-corrected chi connectivity index (χ3v) is 14.9. The molecule has 0 saturated heterocycles. The number of thiophene rings is 1. The van der Waals surface area contributed by atoms with Crippen molar-refractivity contribution in [2.45, 2.75) is 0 Å². The largest absolute Gasteiger partial charge is 0.456 e. The zero-order chi connectivity index (χ0) is 44.5. The summed E-state index contributed by atoms with van der Waals surface area (Å²) < 4.78 is 13.8. The third-order valence-electron chi connectivity index (χ3n) is 13.7. The number of fused-ring (bicyclic) bond motifs is 13. The van der Waals surface area contributed by atoms with E-state index in [2.05, 4.69) is 209 Å². The first-order chi connectivity index (χ1) is 33.7. The summed E-state index contributed by atoms with van der Waals surface area (Å²) in [6, 6.07) is 75.6. The summed E-state index contributed by atoms with van der Waals surface area (Å²) in [5.41, 5.74) is 10.8. The van der Waals surface area contributed by atoms with Gasteiger partial charge in [-0.15, -0.1) is 11.3 Å². The molecule has 15 aromatic rings. The molecule has 0 amide bonds. The summed E-state index contributed by atoms with van der Waals surface area (Å²) in [4.78, 5) is 16.4. The maximum absolute atomic E-state index is 6.67. The van der Waals surface area contributed by atoms with E-state index in [0.717, 1.165) is 82.8 Å². The van der Waals surface area contributed by atoms with Crippen LogP contribution >= 0.6 is 11.3 Å². The fraction of sp³-hybridized carbons (Fsp3) is 0. The average Bonchev–Trinajstić information content (AvgIpc) is 4.14. The number of furan rings is 1. The minimum absolute atomic E-state index is 0.571. The number of rotatable bonds is 5. The quantitative estimate of drug-likeness (QED) is 0.173. The zero-order valence-corrected chi connectivity index (χ0v) is 37.1. The van der Waals surface area contributed by atoms with Crippen molar-refractivity contribution in [2.75, 3.05) is 0 Å². The summed E-state index contributed by atoms with van der Waals surface area (Å²) in [6.07, 6.45) is 0. The van der Waals surface area contributed by atoms with E-state index >= 15 is 0 Å². The Morgan fingerprint density at radius 2 is 0.926 bits per heavy atom. The van der Waals surface area contributed by atoms with Gasteiger partial charge in [-0.05, 0) is 89.6 Å². The average molecular weight is 886 g/mol. The Bertz CT molecular complexity index is 4580. The molecule has 0 aliphatic rings. The second-order valence-corrected chi connectivity index (χ2v) is 18.7. The smallest absolute Gasteiger partial charge is 0.166 e. The van der Waals surface area contributed by atoms with Gasteiger partial charge in [0.1, 0.15) is 11.2 Å². The van der Waals surface area contributed by atoms with Crippen molar-refractivity contribution >= 4 is 108 Å². The van der Waals surface area contributed by atoms with Crippen molar-refractivity contribution in [3.05, 3.63) is 212 Å². The summed E-state index contributed by atoms with van der Waals surface area (Å²) in [5.74, 6) is 1.77. The molecule has 15 rings (SSSR count). The maximum Gasteiger partial charge on any atom is 0.166 e. The Morgan fingerprint density at radius 3 is 1.74 bits per heavy atom. The van der Waals surface area contributed by atoms with Crippen molar-refractivity contribution < 1.29 is 4.42 Å². The molecule has 10 aromatic carbocycles. The van der Waals surface area contributed by atoms with Crippen LogP contribution in [0.5, 0.6) is 0 Å². The van der Waals surface area contributed by atoms with E-state index in [1.54, 1.807) is 11.3 Å². The van der Waals surface area contributed by atoms with E-state index in [1.807, 2.05) is 12.1 Å². The van der Waals surface area contributed by atoms with Crippen LogP contribution in [-0.4, -0.2) is 24.1 Å². The monoisotopic (exact) mass is 885 g/mol. The molecular formula is C61H35N5OS. The first-order valence-corrected chi connectivity index (χ1v) is 23.6. The Balaban J connectivity index is 1.04. The maximum atomic E-state index is 6.67. The molecule has 5 heterocycles. The van der Waals surface area contributed by atoms with Crippen molar-refractivity contribution in [1.29, 1.82) is 0 Å². The fourth-order valence-corrected chi connectivity index (χ4v) is 11.8. The molecule has 0 spiro atoms. The van der Waals surface area contributed by atoms with Crippen LogP contribution in [0.3, 0.4) is 0 Å². The molecule has 5 aromatic heterocycles. The van der Waals surface area contributed by atoms with Gasteiger partial charge < -0.3 is 13.6 Å². The molecule has 0 aliphatic carbocycles. The van der Waals surface area contributed by atoms with Gasteiger partial charge in [-0.25, -0.2) is 15.0 Å². The summed E-state index contributed by atoms with van der Waals surface area (Å²) in [6.45, 7) is 0. The number of para-hydroxylation sites is 4. The van der Waals surface area contributed by atoms with Crippen LogP contribution in [0.2, 0.25) is 0 Å². The molecule has 0 fully saturated rings. The molecule has 0 saturated carbocycles. The second-order valence-electron chi connectivity index (χ2n) is 17.6. The van der Waals surface area contributed by atoms with Crippen molar-refractivity contribution in [1.82, 2.24) is 24.1 Å². The van der Waals surface area contributed by atoms with Gasteiger partial charge in [0, 0.05) is 80.9 Å². The highest BCUT2D eigenvalue weighted by Gasteiger charge is 2.24. The molecule has 7 heteroatoms. The van der Waals surface area contributed by atoms with Crippen LogP contribution in [0.25, 0.3) is 142 Å². The van der Waals surface area contributed by atoms with E-state index in [0.29, 0.717) is 17.5 Å². The van der Waals surface area contributed by atoms with Gasteiger partial charge >= 0.3 is 0 Å². The third kappa shape index (κ3) is 5.54. The molecule has 68 heavy (non-hydrogen) atoms. The van der Waals surface area contributed by atoms with Gasteiger partial charge in [0.2, 0.25) is 0 Å². The van der Waals surface area contributed by atoms with E-state index < -0.39 is 0 Å². The first-order valence-electron chi connectivity index (χ1n) is 22.8. The van der Waals surface area contributed by atoms with Gasteiger partial charge in [-0.1, -0.05) is 127 Å². The Hall–Kier alpha value is -8.91. The van der Waals surface area contributed by atoms with Crippen LogP contribution in [0.4, 0.5) is 0 Å². The normalized spacial score (nSPS) is 12.1. The van der Waals surface area contributed by atoms with E-state index in [9.17, 15) is 0 Å². The van der Waals surface area contributed by atoms with Gasteiger partial charge in [0.05, 0.1) is 27.8 Å². The lowest BCUT2D eigenvalue weighted by atomic mass is 10.0. The van der Waals surface area contributed by atoms with E-state index in [-0.39, 0.29) is 0 Å². The molecule has 0 aliphatic heterocycles. The lowest BCUT2D eigenvalue weighted by Crippen LogP contribution is -2.04. The molecule has 0 radical (unpaired) electrons. The number of hydrogen-bond acceptors (Lipinski definition) is 5. The van der Waals surface area contributed by atoms with E-state index in [1.165, 1.54) is 41.7 Å². The Morgan fingerprint density at radius 1 is 0.338 bits per heavy atom. The lowest BCUT2D eigenvalue weighted by Gasteiger charge is -2.15. The molecule has 316 valence electrons. The minimum Gasteiger partial charge on any atom is -0.456 e. The molecule has 0 atom stereocenters. The predicted octanol–water partition coefficient (Wildman–Crippen LogP) is 16.5. The molecule has 0 bridgehead atoms. The highest BCUT2D eigenvalue weighted by molar-refractivity contribution is 7.25. The lowest BCUT2D eigenvalue weighted by molar-refractivity contribution is 0.668. The number of aromatic nitrogens is 5. The molecular weight excluding hydrogens is 851 g/mol. The van der Waals surface area contributed by atoms with Crippen LogP contribution in [0, 0.1) is 0 Å². The summed E-state index contributed by atoms with van der Waals surface area (Å²) in [5, 5.41) is 11.5.